The Hall–Kier alpha value is -2.10. The number of thioether (sulfide) groups is 1. The van der Waals surface area contributed by atoms with Crippen molar-refractivity contribution >= 4 is 32.7 Å². The predicted molar refractivity (Wildman–Crippen MR) is 118 cm³/mol. The summed E-state index contributed by atoms with van der Waals surface area (Å²) < 4.78 is 67.1. The number of para-hydroxylation sites is 1. The molecular weight excluding hydrogens is 445 g/mol. The molecule has 0 atom stereocenters. The molecule has 1 N–H and O–H groups in total. The highest BCUT2D eigenvalue weighted by atomic mass is 32.2. The van der Waals surface area contributed by atoms with E-state index in [1.165, 1.54) is 6.07 Å². The van der Waals surface area contributed by atoms with E-state index in [9.17, 15) is 21.6 Å². The van der Waals surface area contributed by atoms with Crippen molar-refractivity contribution in [3.63, 3.8) is 0 Å². The molecule has 0 aliphatic rings. The van der Waals surface area contributed by atoms with Crippen LogP contribution in [0.4, 0.5) is 13.2 Å². The van der Waals surface area contributed by atoms with Gasteiger partial charge in [0.2, 0.25) is 10.0 Å². The quantitative estimate of drug-likeness (QED) is 0.377. The number of benzene rings is 2. The molecule has 0 fully saturated rings. The number of hydrogen-bond donors (Lipinski definition) is 1. The van der Waals surface area contributed by atoms with Gasteiger partial charge in [-0.3, -0.25) is 0 Å². The molecular formula is C22H23F3N2O2S2. The van der Waals surface area contributed by atoms with Crippen molar-refractivity contribution in [1.29, 1.82) is 0 Å². The minimum absolute atomic E-state index is 0.0754. The maximum absolute atomic E-state index is 13.2. The van der Waals surface area contributed by atoms with Crippen molar-refractivity contribution < 1.29 is 21.6 Å². The van der Waals surface area contributed by atoms with Crippen LogP contribution in [-0.2, 0) is 21.6 Å². The Morgan fingerprint density at radius 2 is 1.65 bits per heavy atom. The summed E-state index contributed by atoms with van der Waals surface area (Å²) in [6.07, 6.45) is -4.56. The van der Waals surface area contributed by atoms with Crippen LogP contribution in [0, 0.1) is 0 Å². The topological polar surface area (TPSA) is 59.1 Å². The Morgan fingerprint density at radius 1 is 1.00 bits per heavy atom. The minimum Gasteiger partial charge on any atom is -0.243 e. The van der Waals surface area contributed by atoms with E-state index in [1.54, 1.807) is 42.5 Å². The highest BCUT2D eigenvalue weighted by molar-refractivity contribution is 7.99. The summed E-state index contributed by atoms with van der Waals surface area (Å²) in [4.78, 5) is 4.25. The highest BCUT2D eigenvalue weighted by Gasteiger charge is 2.33. The number of aromatic nitrogens is 1. The average Bonchev–Trinajstić information content (AvgIpc) is 2.69. The van der Waals surface area contributed by atoms with Crippen LogP contribution in [-0.4, -0.2) is 25.7 Å². The van der Waals surface area contributed by atoms with Crippen LogP contribution >= 0.6 is 11.8 Å². The Bertz CT molecular complexity index is 1170. The number of pyridine rings is 1. The van der Waals surface area contributed by atoms with Gasteiger partial charge < -0.3 is 0 Å². The van der Waals surface area contributed by atoms with E-state index in [2.05, 4.69) is 9.71 Å². The highest BCUT2D eigenvalue weighted by Crippen LogP contribution is 2.34. The largest absolute Gasteiger partial charge is 0.433 e. The summed E-state index contributed by atoms with van der Waals surface area (Å²) in [7, 11) is -3.71. The fourth-order valence-corrected chi connectivity index (χ4v) is 5.07. The van der Waals surface area contributed by atoms with Crippen LogP contribution in [0.5, 0.6) is 0 Å². The third-order valence-electron chi connectivity index (χ3n) is 4.65. The van der Waals surface area contributed by atoms with E-state index in [0.29, 0.717) is 10.3 Å². The lowest BCUT2D eigenvalue weighted by Gasteiger charge is -2.19. The van der Waals surface area contributed by atoms with Crippen LogP contribution < -0.4 is 4.72 Å². The zero-order chi connectivity index (χ0) is 22.9. The van der Waals surface area contributed by atoms with Gasteiger partial charge in [0.25, 0.3) is 0 Å². The lowest BCUT2D eigenvalue weighted by Crippen LogP contribution is -2.26. The molecule has 0 amide bonds. The second-order valence-corrected chi connectivity index (χ2v) is 10.9. The van der Waals surface area contributed by atoms with Crippen LogP contribution in [0.3, 0.4) is 0 Å². The van der Waals surface area contributed by atoms with Crippen LogP contribution in [0.1, 0.15) is 32.0 Å². The first kappa shape index (κ1) is 23.6. The minimum atomic E-state index is -4.56. The molecule has 0 aliphatic heterocycles. The van der Waals surface area contributed by atoms with Gasteiger partial charge in [0.15, 0.2) is 0 Å². The lowest BCUT2D eigenvalue weighted by molar-refractivity contribution is -0.141. The van der Waals surface area contributed by atoms with Crippen molar-refractivity contribution in [2.45, 2.75) is 42.2 Å². The standard InChI is InChI=1S/C22H23F3N2O2S2/c1-21(2,3)15-8-10-16(11-9-15)31(28,29)26-12-13-30-19-14-20(22(23,24)25)27-18-7-5-4-6-17(18)19/h4-11,14,26H,12-13H2,1-3H3. The number of halogens is 3. The Kier molecular flexibility index (Phi) is 6.69. The van der Waals surface area contributed by atoms with E-state index in [4.69, 9.17) is 0 Å². The molecule has 0 radical (unpaired) electrons. The van der Waals surface area contributed by atoms with Crippen molar-refractivity contribution in [3.05, 3.63) is 65.9 Å². The van der Waals surface area contributed by atoms with E-state index in [0.717, 1.165) is 23.4 Å². The summed E-state index contributed by atoms with van der Waals surface area (Å²) in [5.74, 6) is 0.268. The number of rotatable bonds is 6. The summed E-state index contributed by atoms with van der Waals surface area (Å²) in [6.45, 7) is 6.20. The SMILES string of the molecule is CC(C)(C)c1ccc(S(=O)(=O)NCCSc2cc(C(F)(F)F)nc3ccccc23)cc1. The monoisotopic (exact) mass is 468 g/mol. The molecule has 31 heavy (non-hydrogen) atoms. The zero-order valence-electron chi connectivity index (χ0n) is 17.3. The first-order chi connectivity index (χ1) is 14.4. The Morgan fingerprint density at radius 3 is 2.26 bits per heavy atom. The number of fused-ring (bicyclic) bond motifs is 1. The second-order valence-electron chi connectivity index (χ2n) is 8.04. The van der Waals surface area contributed by atoms with Gasteiger partial charge in [0.1, 0.15) is 5.69 Å². The molecule has 0 bridgehead atoms. The summed E-state index contributed by atoms with van der Waals surface area (Å²) in [6, 6.07) is 14.3. The van der Waals surface area contributed by atoms with E-state index in [1.807, 2.05) is 20.8 Å². The van der Waals surface area contributed by atoms with Crippen LogP contribution in [0.15, 0.2) is 64.4 Å². The molecule has 0 saturated heterocycles. The Balaban J connectivity index is 1.70. The molecule has 2 aromatic carbocycles. The number of hydrogen-bond acceptors (Lipinski definition) is 4. The van der Waals surface area contributed by atoms with Crippen LogP contribution in [0.2, 0.25) is 0 Å². The average molecular weight is 469 g/mol. The summed E-state index contributed by atoms with van der Waals surface area (Å²) in [5, 5.41) is 0.598. The fraction of sp³-hybridized carbons (Fsp3) is 0.318. The maximum Gasteiger partial charge on any atom is 0.433 e. The van der Waals surface area contributed by atoms with Crippen LogP contribution in [0.25, 0.3) is 10.9 Å². The van der Waals surface area contributed by atoms with E-state index < -0.39 is 21.9 Å². The smallest absolute Gasteiger partial charge is 0.243 e. The molecule has 0 saturated carbocycles. The first-order valence-corrected chi connectivity index (χ1v) is 12.0. The third-order valence-corrected chi connectivity index (χ3v) is 7.18. The first-order valence-electron chi connectivity index (χ1n) is 9.58. The molecule has 0 unspecified atom stereocenters. The van der Waals surface area contributed by atoms with Gasteiger partial charge >= 0.3 is 6.18 Å². The van der Waals surface area contributed by atoms with E-state index >= 15 is 0 Å². The van der Waals surface area contributed by atoms with Gasteiger partial charge in [-0.1, -0.05) is 51.1 Å². The second kappa shape index (κ2) is 8.80. The molecule has 3 rings (SSSR count). The molecule has 1 aromatic heterocycles. The van der Waals surface area contributed by atoms with Crippen molar-refractivity contribution in [2.75, 3.05) is 12.3 Å². The number of nitrogens with one attached hydrogen (secondary N) is 1. The molecule has 166 valence electrons. The van der Waals surface area contributed by atoms with Crippen molar-refractivity contribution in [1.82, 2.24) is 9.71 Å². The van der Waals surface area contributed by atoms with Gasteiger partial charge in [-0.2, -0.15) is 13.2 Å². The van der Waals surface area contributed by atoms with Crippen molar-refractivity contribution in [3.8, 4) is 0 Å². The third kappa shape index (κ3) is 5.78. The Labute approximate surface area is 184 Å². The van der Waals surface area contributed by atoms with Crippen molar-refractivity contribution in [2.24, 2.45) is 0 Å². The maximum atomic E-state index is 13.2. The van der Waals surface area contributed by atoms with Gasteiger partial charge in [0, 0.05) is 22.6 Å². The van der Waals surface area contributed by atoms with Gasteiger partial charge in [0.05, 0.1) is 10.4 Å². The number of sulfonamides is 1. The number of nitrogens with zero attached hydrogens (tertiary/aromatic N) is 1. The lowest BCUT2D eigenvalue weighted by atomic mass is 9.87. The van der Waals surface area contributed by atoms with E-state index in [-0.39, 0.29) is 28.1 Å². The molecule has 0 spiro atoms. The zero-order valence-corrected chi connectivity index (χ0v) is 19.0. The predicted octanol–water partition coefficient (Wildman–Crippen LogP) is 5.62. The normalized spacial score (nSPS) is 13.0. The summed E-state index contributed by atoms with van der Waals surface area (Å²) >= 11 is 1.15. The number of alkyl halides is 3. The molecule has 3 aromatic rings. The molecule has 1 heterocycles. The molecule has 4 nitrogen and oxygen atoms in total. The molecule has 9 heteroatoms. The van der Waals surface area contributed by atoms with Gasteiger partial charge in [-0.15, -0.1) is 11.8 Å². The van der Waals surface area contributed by atoms with Gasteiger partial charge in [-0.25, -0.2) is 18.1 Å². The molecule has 0 aliphatic carbocycles. The summed E-state index contributed by atoms with van der Waals surface area (Å²) in [5.41, 5.74) is 0.217. The fourth-order valence-electron chi connectivity index (χ4n) is 2.96. The van der Waals surface area contributed by atoms with Gasteiger partial charge in [-0.05, 0) is 35.2 Å².